The molecule has 1 fully saturated rings. The average molecular weight is 286 g/mol. The number of piperazine rings is 1. The maximum absolute atomic E-state index is 14.2. The van der Waals surface area contributed by atoms with Gasteiger partial charge in [0.25, 0.3) is 5.92 Å². The second kappa shape index (κ2) is 6.47. The van der Waals surface area contributed by atoms with Crippen LogP contribution >= 0.6 is 0 Å². The molecule has 0 amide bonds. The Balaban J connectivity index is 2.39. The van der Waals surface area contributed by atoms with Crippen molar-refractivity contribution in [2.24, 2.45) is 0 Å². The van der Waals surface area contributed by atoms with Crippen LogP contribution in [0.1, 0.15) is 11.6 Å². The monoisotopic (exact) mass is 286 g/mol. The number of aliphatic hydroxyl groups excluding tert-OH is 1. The van der Waals surface area contributed by atoms with Crippen molar-refractivity contribution >= 4 is 0 Å². The summed E-state index contributed by atoms with van der Waals surface area (Å²) in [4.78, 5) is 1.70. The van der Waals surface area contributed by atoms with Crippen molar-refractivity contribution in [1.29, 1.82) is 0 Å². The fourth-order valence-electron chi connectivity index (χ4n) is 2.61. The molecular weight excluding hydrogens is 266 g/mol. The van der Waals surface area contributed by atoms with E-state index in [9.17, 15) is 8.78 Å². The summed E-state index contributed by atoms with van der Waals surface area (Å²) in [5.41, 5.74) is 0.413. The minimum absolute atomic E-state index is 0.413. The van der Waals surface area contributed by atoms with E-state index in [0.717, 1.165) is 0 Å². The Morgan fingerprint density at radius 1 is 1.35 bits per heavy atom. The number of alkyl halides is 2. The first kappa shape index (κ1) is 15.2. The van der Waals surface area contributed by atoms with Crippen LogP contribution in [0.15, 0.2) is 24.3 Å². The van der Waals surface area contributed by atoms with Gasteiger partial charge in [-0.3, -0.25) is 4.90 Å². The summed E-state index contributed by atoms with van der Waals surface area (Å²) in [5.74, 6) is -2.80. The number of para-hydroxylation sites is 1. The van der Waals surface area contributed by atoms with Crippen LogP contribution in [-0.2, 0) is 0 Å². The molecule has 0 bridgehead atoms. The fraction of sp³-hybridized carbons (Fsp3) is 0.571. The highest BCUT2D eigenvalue weighted by molar-refractivity contribution is 5.37. The van der Waals surface area contributed by atoms with E-state index >= 15 is 0 Å². The highest BCUT2D eigenvalue weighted by Gasteiger charge is 2.45. The number of methoxy groups -OCH3 is 1. The van der Waals surface area contributed by atoms with Crippen molar-refractivity contribution in [3.05, 3.63) is 29.8 Å². The molecule has 4 nitrogen and oxygen atoms in total. The van der Waals surface area contributed by atoms with Gasteiger partial charge in [0.2, 0.25) is 0 Å². The second-order valence-electron chi connectivity index (χ2n) is 4.85. The number of benzene rings is 1. The Kier molecular flexibility index (Phi) is 4.91. The maximum atomic E-state index is 14.2. The lowest BCUT2D eigenvalue weighted by molar-refractivity contribution is -0.119. The van der Waals surface area contributed by atoms with E-state index in [1.807, 2.05) is 0 Å². The van der Waals surface area contributed by atoms with Crippen molar-refractivity contribution in [2.75, 3.05) is 39.9 Å². The Morgan fingerprint density at radius 2 is 2.00 bits per heavy atom. The summed E-state index contributed by atoms with van der Waals surface area (Å²) in [6.45, 7) is 1.16. The molecule has 1 atom stereocenters. The molecule has 1 saturated heterocycles. The summed E-state index contributed by atoms with van der Waals surface area (Å²) in [6.07, 6.45) is 0. The molecule has 1 aliphatic heterocycles. The molecule has 0 spiro atoms. The van der Waals surface area contributed by atoms with Crippen LogP contribution in [0.4, 0.5) is 8.78 Å². The van der Waals surface area contributed by atoms with E-state index in [-0.39, 0.29) is 0 Å². The maximum Gasteiger partial charge on any atom is 0.290 e. The van der Waals surface area contributed by atoms with Crippen molar-refractivity contribution in [3.8, 4) is 5.75 Å². The summed E-state index contributed by atoms with van der Waals surface area (Å²) in [6, 6.07) is 5.58. The summed E-state index contributed by atoms with van der Waals surface area (Å²) in [5, 5.41) is 12.2. The first-order valence-electron chi connectivity index (χ1n) is 6.66. The topological polar surface area (TPSA) is 44.7 Å². The quantitative estimate of drug-likeness (QED) is 0.855. The standard InChI is InChI=1S/C14H20F2N2O2/c1-20-12-5-3-2-4-11(12)13(14(15,16)10-19)18-8-6-17-7-9-18/h2-5,13,17,19H,6-10H2,1H3/t13-/m1/s1. The number of rotatable bonds is 5. The molecule has 20 heavy (non-hydrogen) atoms. The fourth-order valence-corrected chi connectivity index (χ4v) is 2.61. The molecule has 0 aliphatic carbocycles. The van der Waals surface area contributed by atoms with Gasteiger partial charge < -0.3 is 15.2 Å². The van der Waals surface area contributed by atoms with Crippen LogP contribution in [0, 0.1) is 0 Å². The van der Waals surface area contributed by atoms with Gasteiger partial charge in [-0.15, -0.1) is 0 Å². The third-order valence-corrected chi connectivity index (χ3v) is 3.56. The highest BCUT2D eigenvalue weighted by Crippen LogP contribution is 2.40. The first-order chi connectivity index (χ1) is 9.60. The number of halogens is 2. The first-order valence-corrected chi connectivity index (χ1v) is 6.66. The number of hydrogen-bond donors (Lipinski definition) is 2. The lowest BCUT2D eigenvalue weighted by atomic mass is 9.97. The molecule has 0 saturated carbocycles. The van der Waals surface area contributed by atoms with E-state index < -0.39 is 18.6 Å². The van der Waals surface area contributed by atoms with Gasteiger partial charge in [0.1, 0.15) is 18.4 Å². The average Bonchev–Trinajstić information content (AvgIpc) is 2.49. The Labute approximate surface area is 117 Å². The molecule has 0 radical (unpaired) electrons. The lowest BCUT2D eigenvalue weighted by Gasteiger charge is -2.39. The molecule has 0 aromatic heterocycles. The Morgan fingerprint density at radius 3 is 2.60 bits per heavy atom. The molecule has 1 aliphatic rings. The molecule has 112 valence electrons. The second-order valence-corrected chi connectivity index (χ2v) is 4.85. The molecular formula is C14H20F2N2O2. The van der Waals surface area contributed by atoms with Crippen LogP contribution in [0.25, 0.3) is 0 Å². The zero-order valence-corrected chi connectivity index (χ0v) is 11.5. The van der Waals surface area contributed by atoms with Crippen LogP contribution in [0.3, 0.4) is 0 Å². The molecule has 6 heteroatoms. The zero-order chi connectivity index (χ0) is 14.6. The largest absolute Gasteiger partial charge is 0.496 e. The molecule has 0 unspecified atom stereocenters. The van der Waals surface area contributed by atoms with Gasteiger partial charge in [-0.1, -0.05) is 18.2 Å². The van der Waals surface area contributed by atoms with E-state index in [4.69, 9.17) is 9.84 Å². The van der Waals surface area contributed by atoms with Crippen LogP contribution < -0.4 is 10.1 Å². The molecule has 1 aromatic carbocycles. The van der Waals surface area contributed by atoms with E-state index in [0.29, 0.717) is 37.5 Å². The zero-order valence-electron chi connectivity index (χ0n) is 11.5. The number of nitrogens with one attached hydrogen (secondary N) is 1. The Bertz CT molecular complexity index is 437. The molecule has 2 rings (SSSR count). The van der Waals surface area contributed by atoms with Gasteiger partial charge in [0.05, 0.1) is 7.11 Å². The predicted octanol–water partition coefficient (Wildman–Crippen LogP) is 1.27. The summed E-state index contributed by atoms with van der Waals surface area (Å²) in [7, 11) is 1.46. The summed E-state index contributed by atoms with van der Waals surface area (Å²) < 4.78 is 33.7. The molecule has 1 heterocycles. The smallest absolute Gasteiger partial charge is 0.290 e. The minimum Gasteiger partial charge on any atom is -0.496 e. The number of nitrogens with zero attached hydrogens (tertiary/aromatic N) is 1. The minimum atomic E-state index is -3.22. The number of hydrogen-bond acceptors (Lipinski definition) is 4. The van der Waals surface area contributed by atoms with Crippen molar-refractivity contribution in [2.45, 2.75) is 12.0 Å². The van der Waals surface area contributed by atoms with Crippen LogP contribution in [-0.4, -0.2) is 55.8 Å². The van der Waals surface area contributed by atoms with Gasteiger partial charge in [0.15, 0.2) is 0 Å². The van der Waals surface area contributed by atoms with E-state index in [1.165, 1.54) is 7.11 Å². The number of ether oxygens (including phenoxy) is 1. The van der Waals surface area contributed by atoms with Gasteiger partial charge in [0, 0.05) is 31.7 Å². The lowest BCUT2D eigenvalue weighted by Crippen LogP contribution is -2.51. The molecule has 1 aromatic rings. The number of aliphatic hydroxyl groups is 1. The van der Waals surface area contributed by atoms with E-state index in [1.54, 1.807) is 29.2 Å². The van der Waals surface area contributed by atoms with Crippen molar-refractivity contribution < 1.29 is 18.6 Å². The van der Waals surface area contributed by atoms with E-state index in [2.05, 4.69) is 5.32 Å². The van der Waals surface area contributed by atoms with Crippen LogP contribution in [0.5, 0.6) is 5.75 Å². The van der Waals surface area contributed by atoms with Gasteiger partial charge in [-0.05, 0) is 6.07 Å². The third-order valence-electron chi connectivity index (χ3n) is 3.56. The van der Waals surface area contributed by atoms with Gasteiger partial charge >= 0.3 is 0 Å². The normalized spacial score (nSPS) is 18.8. The molecule has 2 N–H and O–H groups in total. The Hall–Kier alpha value is -1.24. The van der Waals surface area contributed by atoms with Gasteiger partial charge in [-0.2, -0.15) is 0 Å². The van der Waals surface area contributed by atoms with Crippen molar-refractivity contribution in [1.82, 2.24) is 10.2 Å². The SMILES string of the molecule is COc1ccccc1[C@@H](N1CCNCC1)C(F)(F)CO. The highest BCUT2D eigenvalue weighted by atomic mass is 19.3. The van der Waals surface area contributed by atoms with Crippen molar-refractivity contribution in [3.63, 3.8) is 0 Å². The van der Waals surface area contributed by atoms with Crippen LogP contribution in [0.2, 0.25) is 0 Å². The van der Waals surface area contributed by atoms with Gasteiger partial charge in [-0.25, -0.2) is 8.78 Å². The predicted molar refractivity (Wildman–Crippen MR) is 72.2 cm³/mol. The summed E-state index contributed by atoms with van der Waals surface area (Å²) >= 11 is 0. The third kappa shape index (κ3) is 3.08.